The maximum Gasteiger partial charge on any atom is 0.306 e. The van der Waals surface area contributed by atoms with Crippen LogP contribution < -0.4 is 0 Å². The Balaban J connectivity index is 1.44. The third-order valence-electron chi connectivity index (χ3n) is 4.96. The van der Waals surface area contributed by atoms with Gasteiger partial charge in [0.2, 0.25) is 11.7 Å². The fourth-order valence-electron chi connectivity index (χ4n) is 3.59. The number of carbonyl (C=O) groups is 2. The highest BCUT2D eigenvalue weighted by atomic mass is 35.5. The standard InChI is InChI=1S/C18H20ClN3O4/c19-13-5-1-3-11(9-13)16-20-17(26-21-16)12-4-2-8-22(10-12)18(24)14-6-7-15(23)25-14/h1,3,9,12-14H,2,4-8,10H2. The first-order chi connectivity index (χ1) is 12.6. The summed E-state index contributed by atoms with van der Waals surface area (Å²) in [5.74, 6) is 0.626. The smallest absolute Gasteiger partial charge is 0.306 e. The molecule has 0 saturated carbocycles. The lowest BCUT2D eigenvalue weighted by Gasteiger charge is -2.32. The van der Waals surface area contributed by atoms with E-state index in [4.69, 9.17) is 20.9 Å². The predicted octanol–water partition coefficient (Wildman–Crippen LogP) is 2.43. The Morgan fingerprint density at radius 1 is 1.35 bits per heavy atom. The van der Waals surface area contributed by atoms with E-state index >= 15 is 0 Å². The number of hydrogen-bond acceptors (Lipinski definition) is 6. The maximum absolute atomic E-state index is 12.6. The number of alkyl halides is 1. The molecule has 0 N–H and O–H groups in total. The van der Waals surface area contributed by atoms with E-state index in [9.17, 15) is 9.59 Å². The zero-order chi connectivity index (χ0) is 18.1. The number of aromatic nitrogens is 2. The summed E-state index contributed by atoms with van der Waals surface area (Å²) < 4.78 is 10.6. The molecule has 8 heteroatoms. The molecule has 26 heavy (non-hydrogen) atoms. The largest absolute Gasteiger partial charge is 0.452 e. The maximum atomic E-state index is 12.6. The van der Waals surface area contributed by atoms with Crippen molar-refractivity contribution in [2.75, 3.05) is 13.1 Å². The molecule has 0 aromatic carbocycles. The van der Waals surface area contributed by atoms with Crippen LogP contribution >= 0.6 is 11.6 Å². The Morgan fingerprint density at radius 2 is 2.23 bits per heavy atom. The average molecular weight is 378 g/mol. The van der Waals surface area contributed by atoms with Crippen LogP contribution in [0.1, 0.15) is 49.7 Å². The fourth-order valence-corrected chi connectivity index (χ4v) is 3.83. The Labute approximate surface area is 156 Å². The lowest BCUT2D eigenvalue weighted by Crippen LogP contribution is -2.44. The normalized spacial score (nSPS) is 28.8. The zero-order valence-electron chi connectivity index (χ0n) is 14.3. The topological polar surface area (TPSA) is 85.5 Å². The average Bonchev–Trinajstić information content (AvgIpc) is 3.30. The van der Waals surface area contributed by atoms with Gasteiger partial charge in [0.05, 0.1) is 11.3 Å². The summed E-state index contributed by atoms with van der Waals surface area (Å²) in [5, 5.41) is 4.01. The molecule has 4 rings (SSSR count). The number of nitrogens with zero attached hydrogens (tertiary/aromatic N) is 3. The third-order valence-corrected chi connectivity index (χ3v) is 5.27. The minimum atomic E-state index is -0.641. The van der Waals surface area contributed by atoms with Crippen molar-refractivity contribution in [1.29, 1.82) is 0 Å². The minimum Gasteiger partial charge on any atom is -0.452 e. The molecule has 1 amide bonds. The highest BCUT2D eigenvalue weighted by molar-refractivity contribution is 6.22. The first kappa shape index (κ1) is 17.3. The van der Waals surface area contributed by atoms with Crippen molar-refractivity contribution in [3.63, 3.8) is 0 Å². The van der Waals surface area contributed by atoms with Crippen LogP contribution in [0.5, 0.6) is 0 Å². The number of esters is 1. The molecule has 1 aliphatic carbocycles. The lowest BCUT2D eigenvalue weighted by atomic mass is 9.97. The van der Waals surface area contributed by atoms with Gasteiger partial charge in [0.1, 0.15) is 0 Å². The summed E-state index contributed by atoms with van der Waals surface area (Å²) in [6.45, 7) is 1.16. The molecule has 2 saturated heterocycles. The summed E-state index contributed by atoms with van der Waals surface area (Å²) in [5.41, 5.74) is 0.854. The first-order valence-electron chi connectivity index (χ1n) is 8.95. The van der Waals surface area contributed by atoms with Crippen molar-refractivity contribution in [2.24, 2.45) is 0 Å². The van der Waals surface area contributed by atoms with Crippen LogP contribution in [0.15, 0.2) is 22.8 Å². The molecule has 0 spiro atoms. The van der Waals surface area contributed by atoms with Crippen LogP contribution in [0, 0.1) is 0 Å². The highest BCUT2D eigenvalue weighted by Gasteiger charge is 2.36. The minimum absolute atomic E-state index is 0.00831. The first-order valence-corrected chi connectivity index (χ1v) is 9.38. The van der Waals surface area contributed by atoms with Crippen LogP contribution in [0.3, 0.4) is 0 Å². The van der Waals surface area contributed by atoms with Gasteiger partial charge >= 0.3 is 5.97 Å². The van der Waals surface area contributed by atoms with Crippen LogP contribution in [0.25, 0.3) is 5.57 Å². The van der Waals surface area contributed by atoms with Gasteiger partial charge in [-0.05, 0) is 19.3 Å². The van der Waals surface area contributed by atoms with E-state index in [-0.39, 0.29) is 23.2 Å². The van der Waals surface area contributed by atoms with Crippen molar-refractivity contribution in [3.05, 3.63) is 29.9 Å². The van der Waals surface area contributed by atoms with E-state index in [1.807, 2.05) is 18.2 Å². The molecule has 3 unspecified atom stereocenters. The molecule has 0 radical (unpaired) electrons. The summed E-state index contributed by atoms with van der Waals surface area (Å²) in [4.78, 5) is 30.1. The summed E-state index contributed by atoms with van der Waals surface area (Å²) in [6.07, 6.45) is 8.50. The molecule has 3 aliphatic rings. The summed E-state index contributed by atoms with van der Waals surface area (Å²) >= 11 is 6.15. The van der Waals surface area contributed by atoms with Crippen molar-refractivity contribution in [3.8, 4) is 0 Å². The SMILES string of the molecule is O=C1CCC(C(=O)N2CCCC(c3nc(C4=CC(Cl)CC=C4)no3)C2)O1. The van der Waals surface area contributed by atoms with E-state index in [2.05, 4.69) is 10.1 Å². The molecule has 0 bridgehead atoms. The number of amides is 1. The summed E-state index contributed by atoms with van der Waals surface area (Å²) in [6, 6.07) is 0. The molecule has 138 valence electrons. The fraction of sp³-hybridized carbons (Fsp3) is 0.556. The third kappa shape index (κ3) is 3.53. The monoisotopic (exact) mass is 377 g/mol. The number of cyclic esters (lactones) is 1. The second-order valence-corrected chi connectivity index (χ2v) is 7.43. The number of halogens is 1. The molecule has 1 aromatic heterocycles. The molecule has 7 nitrogen and oxygen atoms in total. The van der Waals surface area contributed by atoms with E-state index < -0.39 is 6.10 Å². The van der Waals surface area contributed by atoms with Crippen molar-refractivity contribution < 1.29 is 18.8 Å². The number of likely N-dealkylation sites (tertiary alicyclic amines) is 1. The number of rotatable bonds is 3. The number of piperidine rings is 1. The summed E-state index contributed by atoms with van der Waals surface area (Å²) in [7, 11) is 0. The van der Waals surface area contributed by atoms with Gasteiger partial charge in [0.15, 0.2) is 6.10 Å². The molecule has 3 atom stereocenters. The van der Waals surface area contributed by atoms with Crippen molar-refractivity contribution in [1.82, 2.24) is 15.0 Å². The molecule has 2 aliphatic heterocycles. The van der Waals surface area contributed by atoms with E-state index in [0.29, 0.717) is 37.6 Å². The lowest BCUT2D eigenvalue weighted by molar-refractivity contribution is -0.153. The Hall–Kier alpha value is -2.15. The molecular formula is C18H20ClN3O4. The van der Waals surface area contributed by atoms with Crippen LogP contribution in [-0.2, 0) is 14.3 Å². The Bertz CT molecular complexity index is 772. The van der Waals surface area contributed by atoms with Gasteiger partial charge in [-0.2, -0.15) is 4.98 Å². The number of carbonyl (C=O) groups excluding carboxylic acids is 2. The van der Waals surface area contributed by atoms with Crippen LogP contribution in [0.2, 0.25) is 0 Å². The van der Waals surface area contributed by atoms with Crippen molar-refractivity contribution in [2.45, 2.75) is 49.5 Å². The highest BCUT2D eigenvalue weighted by Crippen LogP contribution is 2.29. The van der Waals surface area contributed by atoms with Gasteiger partial charge in [-0.15, -0.1) is 11.6 Å². The zero-order valence-corrected chi connectivity index (χ0v) is 15.0. The Morgan fingerprint density at radius 3 is 3.00 bits per heavy atom. The van der Waals surface area contributed by atoms with Gasteiger partial charge in [0, 0.05) is 31.5 Å². The Kier molecular flexibility index (Phi) is 4.80. The van der Waals surface area contributed by atoms with Gasteiger partial charge in [-0.25, -0.2) is 0 Å². The predicted molar refractivity (Wildman–Crippen MR) is 93.3 cm³/mol. The van der Waals surface area contributed by atoms with E-state index in [1.54, 1.807) is 4.90 Å². The van der Waals surface area contributed by atoms with E-state index in [0.717, 1.165) is 24.8 Å². The number of hydrogen-bond donors (Lipinski definition) is 0. The molecule has 3 heterocycles. The molecule has 1 aromatic rings. The second kappa shape index (κ2) is 7.23. The van der Waals surface area contributed by atoms with Gasteiger partial charge in [0.25, 0.3) is 5.91 Å². The number of ether oxygens (including phenoxy) is 1. The van der Waals surface area contributed by atoms with Crippen LogP contribution in [0.4, 0.5) is 0 Å². The van der Waals surface area contributed by atoms with Crippen LogP contribution in [-0.4, -0.2) is 51.5 Å². The quantitative estimate of drug-likeness (QED) is 0.594. The number of allylic oxidation sites excluding steroid dienone is 4. The van der Waals surface area contributed by atoms with Gasteiger partial charge < -0.3 is 14.2 Å². The van der Waals surface area contributed by atoms with Gasteiger partial charge in [-0.3, -0.25) is 9.59 Å². The molecule has 2 fully saturated rings. The van der Waals surface area contributed by atoms with Gasteiger partial charge in [-0.1, -0.05) is 23.4 Å². The van der Waals surface area contributed by atoms with Crippen molar-refractivity contribution >= 4 is 29.1 Å². The second-order valence-electron chi connectivity index (χ2n) is 6.87. The van der Waals surface area contributed by atoms with E-state index in [1.165, 1.54) is 0 Å². The molecular weight excluding hydrogens is 358 g/mol.